The van der Waals surface area contributed by atoms with Gasteiger partial charge in [0.05, 0.1) is 31.4 Å². The smallest absolute Gasteiger partial charge is 0.255 e. The van der Waals surface area contributed by atoms with Gasteiger partial charge in [-0.1, -0.05) is 35.3 Å². The normalized spacial score (nSPS) is 10.6. The van der Waals surface area contributed by atoms with E-state index in [0.717, 1.165) is 10.4 Å². The third kappa shape index (κ3) is 5.44. The minimum Gasteiger partial charge on any atom is -0.493 e. The first kappa shape index (κ1) is 21.5. The zero-order valence-corrected chi connectivity index (χ0v) is 18.5. The minimum atomic E-state index is -0.124. The molecule has 0 bridgehead atoms. The maximum Gasteiger partial charge on any atom is 0.255 e. The molecule has 0 aliphatic carbocycles. The number of nitrogens with zero attached hydrogens (tertiary/aromatic N) is 1. The summed E-state index contributed by atoms with van der Waals surface area (Å²) in [6, 6.07) is 14.7. The molecule has 4 nitrogen and oxygen atoms in total. The van der Waals surface area contributed by atoms with Crippen LogP contribution in [-0.2, 0) is 13.0 Å². The van der Waals surface area contributed by atoms with Crippen molar-refractivity contribution in [1.82, 2.24) is 4.90 Å². The van der Waals surface area contributed by atoms with Gasteiger partial charge in [0.2, 0.25) is 0 Å². The van der Waals surface area contributed by atoms with Crippen LogP contribution in [0.4, 0.5) is 0 Å². The molecule has 29 heavy (non-hydrogen) atoms. The summed E-state index contributed by atoms with van der Waals surface area (Å²) >= 11 is 13.9. The van der Waals surface area contributed by atoms with Crippen LogP contribution in [-0.4, -0.2) is 31.6 Å². The number of benzene rings is 2. The number of hydrogen-bond donors (Lipinski definition) is 0. The molecule has 7 heteroatoms. The van der Waals surface area contributed by atoms with Gasteiger partial charge in [-0.2, -0.15) is 0 Å². The van der Waals surface area contributed by atoms with Crippen LogP contribution in [0.1, 0.15) is 20.8 Å². The van der Waals surface area contributed by atoms with Gasteiger partial charge in [-0.25, -0.2) is 0 Å². The van der Waals surface area contributed by atoms with E-state index in [0.29, 0.717) is 46.6 Å². The van der Waals surface area contributed by atoms with E-state index in [2.05, 4.69) is 0 Å². The van der Waals surface area contributed by atoms with Crippen molar-refractivity contribution in [3.63, 3.8) is 0 Å². The highest BCUT2D eigenvalue weighted by molar-refractivity contribution is 7.09. The molecule has 0 radical (unpaired) electrons. The lowest BCUT2D eigenvalue weighted by molar-refractivity contribution is 0.0747. The fourth-order valence-electron chi connectivity index (χ4n) is 2.98. The zero-order valence-electron chi connectivity index (χ0n) is 16.2. The summed E-state index contributed by atoms with van der Waals surface area (Å²) in [6.45, 7) is 1.05. The summed E-state index contributed by atoms with van der Waals surface area (Å²) in [6.07, 6.45) is 0.669. The van der Waals surface area contributed by atoms with E-state index in [-0.39, 0.29) is 5.91 Å². The third-order valence-corrected chi connectivity index (χ3v) is 5.90. The second-order valence-corrected chi connectivity index (χ2v) is 8.25. The summed E-state index contributed by atoms with van der Waals surface area (Å²) in [5, 5.41) is 2.85. The molecule has 3 rings (SSSR count). The molecule has 0 unspecified atom stereocenters. The van der Waals surface area contributed by atoms with Crippen molar-refractivity contribution in [1.29, 1.82) is 0 Å². The first-order valence-corrected chi connectivity index (χ1v) is 10.6. The Morgan fingerprint density at radius 1 is 1.03 bits per heavy atom. The average molecular weight is 450 g/mol. The monoisotopic (exact) mass is 449 g/mol. The Bertz CT molecular complexity index is 976. The van der Waals surface area contributed by atoms with E-state index >= 15 is 0 Å². The SMILES string of the molecule is COc1ccc(CCN(Cc2cccs2)C(=O)c2ccc(Cl)cc2Cl)cc1OC. The van der Waals surface area contributed by atoms with Crippen LogP contribution in [0.5, 0.6) is 11.5 Å². The van der Waals surface area contributed by atoms with Crippen molar-refractivity contribution in [3.05, 3.63) is 80.0 Å². The van der Waals surface area contributed by atoms with Gasteiger partial charge in [-0.3, -0.25) is 4.79 Å². The Kier molecular flexibility index (Phi) is 7.42. The van der Waals surface area contributed by atoms with Crippen molar-refractivity contribution >= 4 is 40.4 Å². The van der Waals surface area contributed by atoms with Gasteiger partial charge in [0.25, 0.3) is 5.91 Å². The molecule has 0 saturated carbocycles. The van der Waals surface area contributed by atoms with E-state index in [1.54, 1.807) is 48.7 Å². The highest BCUT2D eigenvalue weighted by Gasteiger charge is 2.20. The number of amides is 1. The molecule has 152 valence electrons. The number of ether oxygens (including phenoxy) is 2. The average Bonchev–Trinajstić information content (AvgIpc) is 3.23. The number of thiophene rings is 1. The van der Waals surface area contributed by atoms with Gasteiger partial charge in [-0.05, 0) is 53.8 Å². The van der Waals surface area contributed by atoms with E-state index in [9.17, 15) is 4.79 Å². The van der Waals surface area contributed by atoms with Gasteiger partial charge in [-0.15, -0.1) is 11.3 Å². The Hall–Kier alpha value is -2.21. The lowest BCUT2D eigenvalue weighted by Gasteiger charge is -2.23. The zero-order chi connectivity index (χ0) is 20.8. The topological polar surface area (TPSA) is 38.8 Å². The van der Waals surface area contributed by atoms with Gasteiger partial charge < -0.3 is 14.4 Å². The molecule has 0 aliphatic rings. The van der Waals surface area contributed by atoms with Crippen LogP contribution < -0.4 is 9.47 Å². The molecule has 0 spiro atoms. The van der Waals surface area contributed by atoms with E-state index in [1.807, 2.05) is 35.7 Å². The van der Waals surface area contributed by atoms with Crippen LogP contribution in [0, 0.1) is 0 Å². The minimum absolute atomic E-state index is 0.124. The van der Waals surface area contributed by atoms with Gasteiger partial charge in [0.15, 0.2) is 11.5 Å². The lowest BCUT2D eigenvalue weighted by Crippen LogP contribution is -2.32. The molecule has 0 fully saturated rings. The molecule has 0 N–H and O–H groups in total. The quantitative estimate of drug-likeness (QED) is 0.425. The number of carbonyl (C=O) groups excluding carboxylic acids is 1. The second kappa shape index (κ2) is 10.0. The van der Waals surface area contributed by atoms with Crippen molar-refractivity contribution in [2.24, 2.45) is 0 Å². The summed E-state index contributed by atoms with van der Waals surface area (Å²) in [7, 11) is 3.21. The Labute approximate surface area is 184 Å². The first-order valence-electron chi connectivity index (χ1n) is 8.99. The predicted octanol–water partition coefficient (Wildman–Crippen LogP) is 5.96. The predicted molar refractivity (Wildman–Crippen MR) is 119 cm³/mol. The van der Waals surface area contributed by atoms with Crippen molar-refractivity contribution < 1.29 is 14.3 Å². The molecular weight excluding hydrogens is 429 g/mol. The maximum absolute atomic E-state index is 13.2. The number of halogens is 2. The van der Waals surface area contributed by atoms with E-state index in [4.69, 9.17) is 32.7 Å². The fraction of sp³-hybridized carbons (Fsp3) is 0.227. The number of hydrogen-bond acceptors (Lipinski definition) is 4. The standard InChI is InChI=1S/C22H21Cl2NO3S/c1-27-20-8-5-15(12-21(20)28-2)9-10-25(14-17-4-3-11-29-17)22(26)18-7-6-16(23)13-19(18)24/h3-8,11-13H,9-10,14H2,1-2H3. The molecule has 1 heterocycles. The van der Waals surface area contributed by atoms with Crippen molar-refractivity contribution in [2.75, 3.05) is 20.8 Å². The van der Waals surface area contributed by atoms with Crippen LogP contribution in [0.2, 0.25) is 10.0 Å². The summed E-state index contributed by atoms with van der Waals surface area (Å²) < 4.78 is 10.7. The fourth-order valence-corrected chi connectivity index (χ4v) is 4.19. The van der Waals surface area contributed by atoms with Crippen LogP contribution in [0.25, 0.3) is 0 Å². The highest BCUT2D eigenvalue weighted by atomic mass is 35.5. The molecule has 0 aliphatic heterocycles. The number of methoxy groups -OCH3 is 2. The molecule has 1 aromatic heterocycles. The molecule has 0 saturated heterocycles. The van der Waals surface area contributed by atoms with Gasteiger partial charge >= 0.3 is 0 Å². The number of rotatable bonds is 8. The third-order valence-electron chi connectivity index (χ3n) is 4.49. The summed E-state index contributed by atoms with van der Waals surface area (Å²) in [4.78, 5) is 16.1. The summed E-state index contributed by atoms with van der Waals surface area (Å²) in [5.41, 5.74) is 1.49. The van der Waals surface area contributed by atoms with Crippen molar-refractivity contribution in [2.45, 2.75) is 13.0 Å². The highest BCUT2D eigenvalue weighted by Crippen LogP contribution is 2.28. The molecule has 2 aromatic carbocycles. The largest absolute Gasteiger partial charge is 0.493 e. The first-order chi connectivity index (χ1) is 14.0. The van der Waals surface area contributed by atoms with E-state index < -0.39 is 0 Å². The van der Waals surface area contributed by atoms with E-state index in [1.165, 1.54) is 0 Å². The Morgan fingerprint density at radius 3 is 2.48 bits per heavy atom. The van der Waals surface area contributed by atoms with Crippen LogP contribution in [0.3, 0.4) is 0 Å². The van der Waals surface area contributed by atoms with Gasteiger partial charge in [0.1, 0.15) is 0 Å². The Balaban J connectivity index is 1.81. The molecular formula is C22H21Cl2NO3S. The molecule has 1 amide bonds. The van der Waals surface area contributed by atoms with Crippen molar-refractivity contribution in [3.8, 4) is 11.5 Å². The molecule has 0 atom stereocenters. The summed E-state index contributed by atoms with van der Waals surface area (Å²) in [5.74, 6) is 1.22. The maximum atomic E-state index is 13.2. The lowest BCUT2D eigenvalue weighted by atomic mass is 10.1. The Morgan fingerprint density at radius 2 is 1.83 bits per heavy atom. The van der Waals surface area contributed by atoms with Crippen LogP contribution >= 0.6 is 34.5 Å². The van der Waals surface area contributed by atoms with Crippen LogP contribution in [0.15, 0.2) is 53.9 Å². The molecule has 3 aromatic rings. The number of carbonyl (C=O) groups is 1. The van der Waals surface area contributed by atoms with Gasteiger partial charge in [0, 0.05) is 16.4 Å². The second-order valence-electron chi connectivity index (χ2n) is 6.37.